The standard InChI is InChI=1S/C28H27F3N2O3S/c29-28(30,31)23-10-6-9-22(18-23)27(14-3-4-15-27)19-32-26(34)21-8-5-11-24(17-21)37(35,36)33-16-13-20-7-1-2-12-25(20)33/h1-2,5-12,17-18H,3-4,13-16,19H2,(H,32,34). The fourth-order valence-corrected chi connectivity index (χ4v) is 7.03. The van der Waals surface area contributed by atoms with Gasteiger partial charge in [-0.3, -0.25) is 9.10 Å². The van der Waals surface area contributed by atoms with Crippen LogP contribution >= 0.6 is 0 Å². The van der Waals surface area contributed by atoms with Gasteiger partial charge in [0.05, 0.1) is 16.1 Å². The second-order valence-corrected chi connectivity index (χ2v) is 11.6. The molecule has 37 heavy (non-hydrogen) atoms. The van der Waals surface area contributed by atoms with Gasteiger partial charge in [0.1, 0.15) is 0 Å². The lowest BCUT2D eigenvalue weighted by Crippen LogP contribution is -2.39. The van der Waals surface area contributed by atoms with Gasteiger partial charge in [-0.15, -0.1) is 0 Å². The number of anilines is 1. The van der Waals surface area contributed by atoms with Crippen LogP contribution in [0.1, 0.15) is 52.7 Å². The molecule has 9 heteroatoms. The second-order valence-electron chi connectivity index (χ2n) is 9.73. The number of halogens is 3. The van der Waals surface area contributed by atoms with Gasteiger partial charge in [-0.1, -0.05) is 55.3 Å². The molecule has 0 saturated heterocycles. The van der Waals surface area contributed by atoms with Crippen molar-refractivity contribution in [2.24, 2.45) is 0 Å². The highest BCUT2D eigenvalue weighted by Crippen LogP contribution is 2.42. The number of nitrogens with zero attached hydrogens (tertiary/aromatic N) is 1. The van der Waals surface area contributed by atoms with Crippen LogP contribution in [0.25, 0.3) is 0 Å². The number of hydrogen-bond acceptors (Lipinski definition) is 3. The zero-order valence-electron chi connectivity index (χ0n) is 20.1. The van der Waals surface area contributed by atoms with E-state index >= 15 is 0 Å². The lowest BCUT2D eigenvalue weighted by atomic mass is 9.78. The van der Waals surface area contributed by atoms with Gasteiger partial charge in [0.2, 0.25) is 0 Å². The van der Waals surface area contributed by atoms with Gasteiger partial charge in [-0.25, -0.2) is 8.42 Å². The number of amides is 1. The molecular weight excluding hydrogens is 501 g/mol. The predicted octanol–water partition coefficient (Wildman–Crippen LogP) is 5.70. The van der Waals surface area contributed by atoms with Gasteiger partial charge < -0.3 is 5.32 Å². The highest BCUT2D eigenvalue weighted by Gasteiger charge is 2.38. The molecule has 1 amide bonds. The number of sulfonamides is 1. The van der Waals surface area contributed by atoms with Gasteiger partial charge in [-0.2, -0.15) is 13.2 Å². The smallest absolute Gasteiger partial charge is 0.351 e. The molecule has 1 aliphatic carbocycles. The van der Waals surface area contributed by atoms with Crippen molar-refractivity contribution in [1.82, 2.24) is 5.32 Å². The van der Waals surface area contributed by atoms with Crippen LogP contribution in [-0.4, -0.2) is 27.4 Å². The molecule has 5 nitrogen and oxygen atoms in total. The summed E-state index contributed by atoms with van der Waals surface area (Å²) < 4.78 is 68.1. The topological polar surface area (TPSA) is 66.5 Å². The van der Waals surface area contributed by atoms with Crippen molar-refractivity contribution >= 4 is 21.6 Å². The van der Waals surface area contributed by atoms with E-state index in [4.69, 9.17) is 0 Å². The summed E-state index contributed by atoms with van der Waals surface area (Å²) in [6.45, 7) is 0.501. The van der Waals surface area contributed by atoms with Crippen molar-refractivity contribution in [2.45, 2.75) is 48.6 Å². The Labute approximate surface area is 214 Å². The van der Waals surface area contributed by atoms with Crippen molar-refractivity contribution in [1.29, 1.82) is 0 Å². The first-order valence-corrected chi connectivity index (χ1v) is 13.7. The molecule has 2 aliphatic rings. The lowest BCUT2D eigenvalue weighted by Gasteiger charge is -2.30. The Hall–Kier alpha value is -3.33. The molecule has 5 rings (SSSR count). The number of hydrogen-bond donors (Lipinski definition) is 1. The van der Waals surface area contributed by atoms with Gasteiger partial charge in [0.25, 0.3) is 15.9 Å². The highest BCUT2D eigenvalue weighted by molar-refractivity contribution is 7.92. The molecule has 0 atom stereocenters. The Balaban J connectivity index is 1.36. The molecular formula is C28H27F3N2O3S. The molecule has 0 aromatic heterocycles. The summed E-state index contributed by atoms with van der Waals surface area (Å²) in [4.78, 5) is 13.1. The molecule has 3 aromatic carbocycles. The van der Waals surface area contributed by atoms with Crippen molar-refractivity contribution in [2.75, 3.05) is 17.4 Å². The Morgan fingerprint density at radius 3 is 2.43 bits per heavy atom. The Bertz CT molecular complexity index is 1430. The molecule has 0 bridgehead atoms. The summed E-state index contributed by atoms with van der Waals surface area (Å²) in [7, 11) is -3.87. The van der Waals surface area contributed by atoms with E-state index in [-0.39, 0.29) is 17.0 Å². The van der Waals surface area contributed by atoms with E-state index < -0.39 is 33.1 Å². The molecule has 1 saturated carbocycles. The van der Waals surface area contributed by atoms with Crippen LogP contribution in [0.15, 0.2) is 77.7 Å². The average molecular weight is 529 g/mol. The largest absolute Gasteiger partial charge is 0.416 e. The summed E-state index contributed by atoms with van der Waals surface area (Å²) in [5.74, 6) is -0.461. The van der Waals surface area contributed by atoms with Crippen LogP contribution in [0.3, 0.4) is 0 Å². The van der Waals surface area contributed by atoms with E-state index in [1.54, 1.807) is 18.2 Å². The van der Waals surface area contributed by atoms with Crippen LogP contribution in [0, 0.1) is 0 Å². The first kappa shape index (κ1) is 25.3. The van der Waals surface area contributed by atoms with Gasteiger partial charge in [0.15, 0.2) is 0 Å². The molecule has 1 aliphatic heterocycles. The van der Waals surface area contributed by atoms with Crippen molar-refractivity contribution in [3.8, 4) is 0 Å². The number of rotatable bonds is 6. The van der Waals surface area contributed by atoms with Crippen molar-refractivity contribution < 1.29 is 26.4 Å². The average Bonchev–Trinajstić information content (AvgIpc) is 3.55. The molecule has 194 valence electrons. The van der Waals surface area contributed by atoms with Crippen LogP contribution in [0.2, 0.25) is 0 Å². The number of benzene rings is 3. The normalized spacial score (nSPS) is 17.0. The van der Waals surface area contributed by atoms with Crippen LogP contribution < -0.4 is 9.62 Å². The SMILES string of the molecule is O=C(NCC1(c2cccc(C(F)(F)F)c2)CCCC1)c1cccc(S(=O)(=O)N2CCc3ccccc32)c1. The van der Waals surface area contributed by atoms with E-state index in [0.717, 1.165) is 24.5 Å². The van der Waals surface area contributed by atoms with E-state index in [0.29, 0.717) is 37.1 Å². The summed E-state index contributed by atoms with van der Waals surface area (Å²) in [5.41, 5.74) is 1.04. The van der Waals surface area contributed by atoms with Gasteiger partial charge >= 0.3 is 6.18 Å². The zero-order chi connectivity index (χ0) is 26.3. The van der Waals surface area contributed by atoms with E-state index in [9.17, 15) is 26.4 Å². The monoisotopic (exact) mass is 528 g/mol. The summed E-state index contributed by atoms with van der Waals surface area (Å²) in [6, 6.07) is 18.6. The maximum atomic E-state index is 13.4. The first-order chi connectivity index (χ1) is 17.6. The number of para-hydroxylation sites is 1. The Morgan fingerprint density at radius 2 is 1.68 bits per heavy atom. The molecule has 1 heterocycles. The van der Waals surface area contributed by atoms with E-state index in [2.05, 4.69) is 5.32 Å². The second kappa shape index (κ2) is 9.52. The van der Waals surface area contributed by atoms with Gasteiger partial charge in [-0.05, 0) is 60.7 Å². The van der Waals surface area contributed by atoms with Crippen molar-refractivity contribution in [3.05, 3.63) is 95.1 Å². The Kier molecular flexibility index (Phi) is 6.52. The van der Waals surface area contributed by atoms with E-state index in [1.807, 2.05) is 12.1 Å². The third-order valence-electron chi connectivity index (χ3n) is 7.48. The lowest BCUT2D eigenvalue weighted by molar-refractivity contribution is -0.137. The van der Waals surface area contributed by atoms with Crippen molar-refractivity contribution in [3.63, 3.8) is 0 Å². The van der Waals surface area contributed by atoms with Crippen LogP contribution in [0.4, 0.5) is 18.9 Å². The number of carbonyl (C=O) groups is 1. The summed E-state index contributed by atoms with van der Waals surface area (Å²) in [6.07, 6.45) is -0.781. The minimum absolute atomic E-state index is 0.0188. The number of alkyl halides is 3. The number of nitrogens with one attached hydrogen (secondary N) is 1. The maximum Gasteiger partial charge on any atom is 0.416 e. The molecule has 3 aromatic rings. The first-order valence-electron chi connectivity index (χ1n) is 12.3. The number of carbonyl (C=O) groups excluding carboxylic acids is 1. The van der Waals surface area contributed by atoms with Crippen LogP contribution in [0.5, 0.6) is 0 Å². The van der Waals surface area contributed by atoms with Crippen LogP contribution in [-0.2, 0) is 28.0 Å². The summed E-state index contributed by atoms with van der Waals surface area (Å²) in [5, 5.41) is 2.87. The minimum Gasteiger partial charge on any atom is -0.351 e. The molecule has 1 N–H and O–H groups in total. The van der Waals surface area contributed by atoms with Gasteiger partial charge in [0, 0.05) is 24.1 Å². The number of fused-ring (bicyclic) bond motifs is 1. The predicted molar refractivity (Wildman–Crippen MR) is 135 cm³/mol. The molecule has 0 spiro atoms. The molecule has 1 fully saturated rings. The van der Waals surface area contributed by atoms with E-state index in [1.165, 1.54) is 40.7 Å². The quantitative estimate of drug-likeness (QED) is 0.447. The Morgan fingerprint density at radius 1 is 0.946 bits per heavy atom. The minimum atomic E-state index is -4.44. The molecule has 0 radical (unpaired) electrons. The molecule has 0 unspecified atom stereocenters. The highest BCUT2D eigenvalue weighted by atomic mass is 32.2. The fraction of sp³-hybridized carbons (Fsp3) is 0.321. The zero-order valence-corrected chi connectivity index (χ0v) is 20.9. The fourth-order valence-electron chi connectivity index (χ4n) is 5.48. The third kappa shape index (κ3) is 4.84. The third-order valence-corrected chi connectivity index (χ3v) is 9.29. The summed E-state index contributed by atoms with van der Waals surface area (Å²) >= 11 is 0. The maximum absolute atomic E-state index is 13.4.